The predicted molar refractivity (Wildman–Crippen MR) is 86.9 cm³/mol. The summed E-state index contributed by atoms with van der Waals surface area (Å²) in [6.07, 6.45) is 0. The molecule has 2 aromatic rings. The van der Waals surface area contributed by atoms with Crippen molar-refractivity contribution in [2.75, 3.05) is 13.7 Å². The van der Waals surface area contributed by atoms with Crippen molar-refractivity contribution in [1.29, 1.82) is 0 Å². The molecule has 0 spiro atoms. The molecule has 1 N–H and O–H groups in total. The molecule has 118 valence electrons. The summed E-state index contributed by atoms with van der Waals surface area (Å²) in [6, 6.07) is 16.5. The highest BCUT2D eigenvalue weighted by atomic mass is 16.6. The maximum absolute atomic E-state index is 12.3. The molecule has 0 radical (unpaired) electrons. The highest BCUT2D eigenvalue weighted by molar-refractivity contribution is 6.01. The van der Waals surface area contributed by atoms with Crippen molar-refractivity contribution in [2.24, 2.45) is 0 Å². The highest BCUT2D eigenvalue weighted by Crippen LogP contribution is 2.40. The van der Waals surface area contributed by atoms with Crippen LogP contribution in [-0.4, -0.2) is 24.8 Å². The molecule has 3 rings (SSSR count). The Hall–Kier alpha value is -2.59. The van der Waals surface area contributed by atoms with Crippen LogP contribution in [0.3, 0.4) is 0 Å². The number of aliphatic hydroxyl groups is 1. The van der Waals surface area contributed by atoms with Gasteiger partial charge in [-0.25, -0.2) is 4.79 Å². The van der Waals surface area contributed by atoms with Gasteiger partial charge in [-0.2, -0.15) is 0 Å². The van der Waals surface area contributed by atoms with E-state index in [4.69, 9.17) is 9.47 Å². The molecular weight excluding hydrogens is 292 g/mol. The molecule has 0 bridgehead atoms. The van der Waals surface area contributed by atoms with Crippen LogP contribution in [0.15, 0.2) is 60.2 Å². The molecule has 1 aliphatic rings. The van der Waals surface area contributed by atoms with Gasteiger partial charge in [-0.3, -0.25) is 0 Å². The number of allylic oxidation sites excluding steroid dienone is 1. The summed E-state index contributed by atoms with van der Waals surface area (Å²) in [6.45, 7) is 1.73. The Morgan fingerprint density at radius 1 is 1.17 bits per heavy atom. The number of carbonyl (C=O) groups is 1. The van der Waals surface area contributed by atoms with Crippen LogP contribution >= 0.6 is 0 Å². The predicted octanol–water partition coefficient (Wildman–Crippen LogP) is 2.91. The smallest absolute Gasteiger partial charge is 0.337 e. The zero-order valence-corrected chi connectivity index (χ0v) is 13.1. The van der Waals surface area contributed by atoms with Crippen LogP contribution in [-0.2, 0) is 15.1 Å². The molecule has 1 heterocycles. The van der Waals surface area contributed by atoms with Gasteiger partial charge in [0.15, 0.2) is 5.60 Å². The van der Waals surface area contributed by atoms with Crippen LogP contribution in [0.2, 0.25) is 0 Å². The maximum Gasteiger partial charge on any atom is 0.337 e. The van der Waals surface area contributed by atoms with E-state index in [1.807, 2.05) is 49.4 Å². The first kappa shape index (κ1) is 15.3. The van der Waals surface area contributed by atoms with E-state index in [2.05, 4.69) is 0 Å². The molecule has 1 aliphatic heterocycles. The Morgan fingerprint density at radius 2 is 1.91 bits per heavy atom. The van der Waals surface area contributed by atoms with E-state index >= 15 is 0 Å². The number of methoxy groups -OCH3 is 1. The molecule has 0 saturated carbocycles. The van der Waals surface area contributed by atoms with Crippen molar-refractivity contribution in [3.63, 3.8) is 0 Å². The fraction of sp³-hybridized carbons (Fsp3) is 0.211. The number of ether oxygens (including phenoxy) is 2. The Morgan fingerprint density at radius 3 is 2.61 bits per heavy atom. The van der Waals surface area contributed by atoms with E-state index < -0.39 is 11.6 Å². The molecule has 0 amide bonds. The van der Waals surface area contributed by atoms with E-state index in [0.29, 0.717) is 16.9 Å². The van der Waals surface area contributed by atoms with E-state index in [1.165, 1.54) is 0 Å². The SMILES string of the molecule is COc1cccc(/C(C)=C2/C(=O)OC[C@]2(O)c2ccccc2)c1. The van der Waals surface area contributed by atoms with Crippen LogP contribution in [0.1, 0.15) is 18.1 Å². The monoisotopic (exact) mass is 310 g/mol. The van der Waals surface area contributed by atoms with Crippen LogP contribution in [0.5, 0.6) is 5.75 Å². The summed E-state index contributed by atoms with van der Waals surface area (Å²) in [5, 5.41) is 11.1. The number of cyclic esters (lactones) is 1. The molecule has 0 unspecified atom stereocenters. The Labute approximate surface area is 135 Å². The third kappa shape index (κ3) is 2.62. The van der Waals surface area contributed by atoms with Crippen molar-refractivity contribution in [3.05, 3.63) is 71.3 Å². The number of hydrogen-bond donors (Lipinski definition) is 1. The second-order valence-corrected chi connectivity index (χ2v) is 5.53. The Bertz CT molecular complexity index is 764. The number of rotatable bonds is 3. The highest BCUT2D eigenvalue weighted by Gasteiger charge is 2.46. The van der Waals surface area contributed by atoms with E-state index in [9.17, 15) is 9.90 Å². The zero-order chi connectivity index (χ0) is 16.4. The van der Waals surface area contributed by atoms with Gasteiger partial charge in [-0.05, 0) is 35.8 Å². The van der Waals surface area contributed by atoms with Crippen molar-refractivity contribution in [2.45, 2.75) is 12.5 Å². The average Bonchev–Trinajstić information content (AvgIpc) is 2.91. The van der Waals surface area contributed by atoms with Crippen molar-refractivity contribution in [3.8, 4) is 5.75 Å². The standard InChI is InChI=1S/C19H18O4/c1-13(14-7-6-10-16(11-14)22-2)17-18(20)23-12-19(17,21)15-8-4-3-5-9-15/h3-11,21H,12H2,1-2H3/b17-13-/t19-/m0/s1. The molecule has 23 heavy (non-hydrogen) atoms. The van der Waals surface area contributed by atoms with Crippen LogP contribution in [0, 0.1) is 0 Å². The number of hydrogen-bond acceptors (Lipinski definition) is 4. The second kappa shape index (κ2) is 5.89. The molecule has 4 nitrogen and oxygen atoms in total. The number of benzene rings is 2. The van der Waals surface area contributed by atoms with Gasteiger partial charge in [-0.1, -0.05) is 42.5 Å². The van der Waals surface area contributed by atoms with Gasteiger partial charge in [0.05, 0.1) is 12.7 Å². The molecule has 1 fully saturated rings. The maximum atomic E-state index is 12.3. The van der Waals surface area contributed by atoms with Crippen LogP contribution in [0.4, 0.5) is 0 Å². The van der Waals surface area contributed by atoms with Gasteiger partial charge in [0, 0.05) is 0 Å². The summed E-state index contributed by atoms with van der Waals surface area (Å²) >= 11 is 0. The third-order valence-electron chi connectivity index (χ3n) is 4.16. The van der Waals surface area contributed by atoms with E-state index in [0.717, 1.165) is 5.56 Å². The van der Waals surface area contributed by atoms with Crippen molar-refractivity contribution in [1.82, 2.24) is 0 Å². The van der Waals surface area contributed by atoms with Crippen molar-refractivity contribution >= 4 is 11.5 Å². The second-order valence-electron chi connectivity index (χ2n) is 5.53. The van der Waals surface area contributed by atoms with Gasteiger partial charge < -0.3 is 14.6 Å². The fourth-order valence-corrected chi connectivity index (χ4v) is 2.89. The lowest BCUT2D eigenvalue weighted by atomic mass is 9.84. The summed E-state index contributed by atoms with van der Waals surface area (Å²) < 4.78 is 10.4. The zero-order valence-electron chi connectivity index (χ0n) is 13.1. The summed E-state index contributed by atoms with van der Waals surface area (Å²) in [5.41, 5.74) is 0.969. The lowest BCUT2D eigenvalue weighted by Crippen LogP contribution is -2.29. The molecular formula is C19H18O4. The van der Waals surface area contributed by atoms with Crippen LogP contribution < -0.4 is 4.74 Å². The number of carbonyl (C=O) groups excluding carboxylic acids is 1. The summed E-state index contributed by atoms with van der Waals surface area (Å²) in [7, 11) is 1.59. The number of esters is 1. The minimum Gasteiger partial charge on any atom is -0.497 e. The van der Waals surface area contributed by atoms with Gasteiger partial charge in [-0.15, -0.1) is 0 Å². The van der Waals surface area contributed by atoms with E-state index in [1.54, 1.807) is 19.2 Å². The fourth-order valence-electron chi connectivity index (χ4n) is 2.89. The first-order valence-corrected chi connectivity index (χ1v) is 7.37. The van der Waals surface area contributed by atoms with Crippen molar-refractivity contribution < 1.29 is 19.4 Å². The van der Waals surface area contributed by atoms with E-state index in [-0.39, 0.29) is 12.2 Å². The average molecular weight is 310 g/mol. The molecule has 0 aromatic heterocycles. The molecule has 2 aromatic carbocycles. The first-order valence-electron chi connectivity index (χ1n) is 7.37. The van der Waals surface area contributed by atoms with Gasteiger partial charge in [0.25, 0.3) is 0 Å². The minimum atomic E-state index is -1.44. The summed E-state index contributed by atoms with van der Waals surface area (Å²) in [5.74, 6) is 0.203. The van der Waals surface area contributed by atoms with Gasteiger partial charge in [0.1, 0.15) is 12.4 Å². The quantitative estimate of drug-likeness (QED) is 0.699. The lowest BCUT2D eigenvalue weighted by molar-refractivity contribution is -0.135. The topological polar surface area (TPSA) is 55.8 Å². The molecule has 4 heteroatoms. The van der Waals surface area contributed by atoms with Gasteiger partial charge >= 0.3 is 5.97 Å². The van der Waals surface area contributed by atoms with Crippen LogP contribution in [0.25, 0.3) is 5.57 Å². The minimum absolute atomic E-state index is 0.0769. The van der Waals surface area contributed by atoms with Gasteiger partial charge in [0.2, 0.25) is 0 Å². The lowest BCUT2D eigenvalue weighted by Gasteiger charge is -2.23. The molecule has 1 atom stereocenters. The largest absolute Gasteiger partial charge is 0.497 e. The summed E-state index contributed by atoms with van der Waals surface area (Å²) in [4.78, 5) is 12.3. The Balaban J connectivity index is 2.15. The molecule has 0 aliphatic carbocycles. The molecule has 1 saturated heterocycles. The first-order chi connectivity index (χ1) is 11.1. The normalized spacial score (nSPS) is 22.7. The third-order valence-corrected chi connectivity index (χ3v) is 4.16. The Kier molecular flexibility index (Phi) is 3.92.